The van der Waals surface area contributed by atoms with E-state index in [1.807, 2.05) is 0 Å². The second kappa shape index (κ2) is 9.78. The maximum Gasteiger partial charge on any atom is 0.319 e. The van der Waals surface area contributed by atoms with Crippen molar-refractivity contribution in [1.82, 2.24) is 20.2 Å². The van der Waals surface area contributed by atoms with Crippen LogP contribution in [0.25, 0.3) is 0 Å². The second-order valence-corrected chi connectivity index (χ2v) is 6.63. The molecule has 1 aromatic heterocycles. The molecule has 1 aromatic carbocycles. The van der Waals surface area contributed by atoms with Crippen LogP contribution >= 0.6 is 0 Å². The first-order valence-electron chi connectivity index (χ1n) is 9.37. The maximum absolute atomic E-state index is 13.7. The predicted molar refractivity (Wildman–Crippen MR) is 108 cm³/mol. The number of rotatable bonds is 6. The average Bonchev–Trinajstić information content (AvgIpc) is 2.71. The van der Waals surface area contributed by atoms with Gasteiger partial charge in [-0.15, -0.1) is 0 Å². The van der Waals surface area contributed by atoms with E-state index >= 15 is 0 Å². The molecule has 29 heavy (non-hydrogen) atoms. The van der Waals surface area contributed by atoms with E-state index in [0.717, 1.165) is 38.7 Å². The number of nitrogens with one attached hydrogen (secondary N) is 3. The zero-order valence-corrected chi connectivity index (χ0v) is 16.2. The second-order valence-electron chi connectivity index (χ2n) is 6.63. The van der Waals surface area contributed by atoms with E-state index in [4.69, 9.17) is 0 Å². The van der Waals surface area contributed by atoms with E-state index in [2.05, 4.69) is 35.7 Å². The molecular weight excluding hydrogens is 377 g/mol. The van der Waals surface area contributed by atoms with Gasteiger partial charge in [-0.2, -0.15) is 0 Å². The lowest BCUT2D eigenvalue weighted by atomic mass is 10.2. The number of carbonyl (C=O) groups is 2. The lowest BCUT2D eigenvalue weighted by molar-refractivity contribution is -0.114. The van der Waals surface area contributed by atoms with Crippen LogP contribution in [-0.4, -0.2) is 66.1 Å². The molecule has 1 fully saturated rings. The Morgan fingerprint density at radius 3 is 2.52 bits per heavy atom. The predicted octanol–water partition coefficient (Wildman–Crippen LogP) is 1.52. The summed E-state index contributed by atoms with van der Waals surface area (Å²) in [6.07, 6.45) is 3.47. The molecule has 0 bridgehead atoms. The molecule has 10 heteroatoms. The van der Waals surface area contributed by atoms with Gasteiger partial charge in [-0.05, 0) is 24.3 Å². The Morgan fingerprint density at radius 2 is 1.83 bits per heavy atom. The number of piperazine rings is 1. The third kappa shape index (κ3) is 6.11. The molecule has 0 radical (unpaired) electrons. The third-order valence-electron chi connectivity index (χ3n) is 4.46. The summed E-state index contributed by atoms with van der Waals surface area (Å²) in [4.78, 5) is 36.1. The van der Waals surface area contributed by atoms with Gasteiger partial charge in [-0.1, -0.05) is 0 Å². The van der Waals surface area contributed by atoms with Gasteiger partial charge >= 0.3 is 6.03 Å². The van der Waals surface area contributed by atoms with Crippen LogP contribution in [-0.2, 0) is 4.79 Å². The van der Waals surface area contributed by atoms with Crippen LogP contribution in [0.5, 0.6) is 0 Å². The number of nitrogens with zero attached hydrogens (tertiary/aromatic N) is 4. The molecule has 3 amide bonds. The van der Waals surface area contributed by atoms with Crippen molar-refractivity contribution in [1.29, 1.82) is 0 Å². The van der Waals surface area contributed by atoms with Crippen molar-refractivity contribution >= 4 is 29.3 Å². The van der Waals surface area contributed by atoms with E-state index in [9.17, 15) is 14.0 Å². The number of hydrogen-bond acceptors (Lipinski definition) is 6. The Balaban J connectivity index is 1.39. The molecule has 1 aliphatic heterocycles. The molecule has 2 aromatic rings. The Labute approximate surface area is 168 Å². The van der Waals surface area contributed by atoms with Gasteiger partial charge < -0.3 is 20.9 Å². The Bertz CT molecular complexity index is 842. The number of carbonyl (C=O) groups excluding carboxylic acids is 2. The minimum absolute atomic E-state index is 0.0237. The molecule has 9 nitrogen and oxygen atoms in total. The fourth-order valence-corrected chi connectivity index (χ4v) is 3.02. The number of amides is 3. The van der Waals surface area contributed by atoms with Crippen molar-refractivity contribution < 1.29 is 14.0 Å². The quantitative estimate of drug-likeness (QED) is 0.678. The van der Waals surface area contributed by atoms with Crippen LogP contribution in [0.3, 0.4) is 0 Å². The monoisotopic (exact) mass is 401 g/mol. The standard InChI is InChI=1S/C19H24FN7O2/c1-14(28)24-17-13-15(3-4-16(17)20)25-19(29)23-7-8-26-9-11-27(12-10-26)18-21-5-2-6-22-18/h2-6,13H,7-12H2,1H3,(H,24,28)(H2,23,25,29). The van der Waals surface area contributed by atoms with Crippen molar-refractivity contribution in [2.45, 2.75) is 6.92 Å². The first kappa shape index (κ1) is 20.5. The zero-order chi connectivity index (χ0) is 20.6. The van der Waals surface area contributed by atoms with E-state index in [0.29, 0.717) is 12.2 Å². The highest BCUT2D eigenvalue weighted by molar-refractivity contribution is 5.92. The van der Waals surface area contributed by atoms with Crippen molar-refractivity contribution in [3.05, 3.63) is 42.5 Å². The molecular formula is C19H24FN7O2. The molecule has 3 rings (SSSR count). The third-order valence-corrected chi connectivity index (χ3v) is 4.46. The highest BCUT2D eigenvalue weighted by atomic mass is 19.1. The van der Waals surface area contributed by atoms with Gasteiger partial charge in [0, 0.05) is 64.3 Å². The normalized spacial score (nSPS) is 14.3. The zero-order valence-electron chi connectivity index (χ0n) is 16.2. The molecule has 0 saturated carbocycles. The van der Waals surface area contributed by atoms with E-state index in [-0.39, 0.29) is 17.6 Å². The van der Waals surface area contributed by atoms with Crippen LogP contribution in [0.2, 0.25) is 0 Å². The van der Waals surface area contributed by atoms with Gasteiger partial charge in [0.05, 0.1) is 5.69 Å². The smallest absolute Gasteiger partial charge is 0.319 e. The minimum Gasteiger partial charge on any atom is -0.338 e. The number of halogens is 1. The molecule has 0 spiro atoms. The summed E-state index contributed by atoms with van der Waals surface area (Å²) in [6.45, 7) is 5.87. The summed E-state index contributed by atoms with van der Waals surface area (Å²) in [6, 6.07) is 5.41. The highest BCUT2D eigenvalue weighted by Crippen LogP contribution is 2.19. The summed E-state index contributed by atoms with van der Waals surface area (Å²) >= 11 is 0. The van der Waals surface area contributed by atoms with Crippen LogP contribution < -0.4 is 20.9 Å². The molecule has 0 atom stereocenters. The van der Waals surface area contributed by atoms with Gasteiger partial charge in [0.15, 0.2) is 0 Å². The average molecular weight is 401 g/mol. The van der Waals surface area contributed by atoms with Crippen molar-refractivity contribution in [2.75, 3.05) is 54.8 Å². The first-order chi connectivity index (χ1) is 14.0. The van der Waals surface area contributed by atoms with Crippen LogP contribution in [0.1, 0.15) is 6.92 Å². The van der Waals surface area contributed by atoms with Crippen LogP contribution in [0, 0.1) is 5.82 Å². The van der Waals surface area contributed by atoms with E-state index < -0.39 is 5.82 Å². The number of urea groups is 1. The summed E-state index contributed by atoms with van der Waals surface area (Å²) in [5.41, 5.74) is 0.416. The number of benzene rings is 1. The Morgan fingerprint density at radius 1 is 1.10 bits per heavy atom. The molecule has 154 valence electrons. The molecule has 0 unspecified atom stereocenters. The van der Waals surface area contributed by atoms with Gasteiger partial charge in [0.25, 0.3) is 0 Å². The molecule has 2 heterocycles. The molecule has 1 aliphatic rings. The lowest BCUT2D eigenvalue weighted by Crippen LogP contribution is -2.49. The van der Waals surface area contributed by atoms with Crippen molar-refractivity contribution in [3.8, 4) is 0 Å². The number of hydrogen-bond donors (Lipinski definition) is 3. The summed E-state index contributed by atoms with van der Waals surface area (Å²) in [5.74, 6) is -0.210. The van der Waals surface area contributed by atoms with Gasteiger partial charge in [-0.25, -0.2) is 19.2 Å². The maximum atomic E-state index is 13.7. The highest BCUT2D eigenvalue weighted by Gasteiger charge is 2.18. The fourth-order valence-electron chi connectivity index (χ4n) is 3.02. The van der Waals surface area contributed by atoms with Crippen molar-refractivity contribution in [3.63, 3.8) is 0 Å². The van der Waals surface area contributed by atoms with E-state index in [1.54, 1.807) is 18.5 Å². The minimum atomic E-state index is -0.564. The summed E-state index contributed by atoms with van der Waals surface area (Å²) < 4.78 is 13.7. The number of aromatic nitrogens is 2. The largest absolute Gasteiger partial charge is 0.338 e. The van der Waals surface area contributed by atoms with Gasteiger partial charge in [0.1, 0.15) is 5.82 Å². The topological polar surface area (TPSA) is 102 Å². The molecule has 0 aliphatic carbocycles. The molecule has 1 saturated heterocycles. The van der Waals surface area contributed by atoms with Crippen molar-refractivity contribution in [2.24, 2.45) is 0 Å². The molecule has 3 N–H and O–H groups in total. The Hall–Kier alpha value is -3.27. The van der Waals surface area contributed by atoms with E-state index in [1.165, 1.54) is 25.1 Å². The van der Waals surface area contributed by atoms with Crippen LogP contribution in [0.15, 0.2) is 36.7 Å². The summed E-state index contributed by atoms with van der Waals surface area (Å²) in [7, 11) is 0. The van der Waals surface area contributed by atoms with Gasteiger partial charge in [0.2, 0.25) is 11.9 Å². The van der Waals surface area contributed by atoms with Crippen LogP contribution in [0.4, 0.5) is 26.5 Å². The number of anilines is 3. The lowest BCUT2D eigenvalue weighted by Gasteiger charge is -2.34. The SMILES string of the molecule is CC(=O)Nc1cc(NC(=O)NCCN2CCN(c3ncccn3)CC2)ccc1F. The van der Waals surface area contributed by atoms with Gasteiger partial charge in [-0.3, -0.25) is 9.69 Å². The first-order valence-corrected chi connectivity index (χ1v) is 9.37. The summed E-state index contributed by atoms with van der Waals surface area (Å²) in [5, 5.41) is 7.81. The Kier molecular flexibility index (Phi) is 6.90. The fraction of sp³-hybridized carbons (Fsp3) is 0.368.